The molecule has 0 amide bonds. The predicted molar refractivity (Wildman–Crippen MR) is 83.4 cm³/mol. The van der Waals surface area contributed by atoms with Crippen LogP contribution in [0.1, 0.15) is 39.2 Å². The van der Waals surface area contributed by atoms with Gasteiger partial charge in [0.25, 0.3) is 0 Å². The molecule has 1 aromatic carbocycles. The van der Waals surface area contributed by atoms with Crippen molar-refractivity contribution in [1.29, 1.82) is 0 Å². The molecule has 2 atom stereocenters. The highest BCUT2D eigenvalue weighted by atomic mass is 15.0. The number of fused-ring (bicyclic) bond motifs is 1. The van der Waals surface area contributed by atoms with Crippen molar-refractivity contribution >= 4 is 10.9 Å². The van der Waals surface area contributed by atoms with Gasteiger partial charge in [-0.1, -0.05) is 45.4 Å². The topological polar surface area (TPSA) is 30.9 Å². The van der Waals surface area contributed by atoms with Crippen LogP contribution in [0, 0.1) is 5.92 Å². The number of rotatable bonds is 6. The Kier molecular flexibility index (Phi) is 4.65. The van der Waals surface area contributed by atoms with Gasteiger partial charge in [-0.2, -0.15) is 0 Å². The van der Waals surface area contributed by atoms with Crippen LogP contribution in [0.3, 0.4) is 0 Å². The number of aromatic nitrogens is 1. The minimum absolute atomic E-state index is 0.262. The Bertz CT molecular complexity index is 527. The number of para-hydroxylation sites is 1. The summed E-state index contributed by atoms with van der Waals surface area (Å²) in [6, 6.07) is 9.05. The molecular weight excluding hydrogens is 232 g/mol. The van der Waals surface area contributed by atoms with Crippen molar-refractivity contribution < 1.29 is 0 Å². The largest absolute Gasteiger partial charge is 0.347 e. The molecule has 2 nitrogen and oxygen atoms in total. The summed E-state index contributed by atoms with van der Waals surface area (Å²) in [6.07, 6.45) is 5.44. The fourth-order valence-corrected chi connectivity index (χ4v) is 2.55. The normalized spacial score (nSPS) is 14.7. The summed E-state index contributed by atoms with van der Waals surface area (Å²) >= 11 is 0. The molecule has 104 valence electrons. The number of hydrogen-bond acceptors (Lipinski definition) is 1. The van der Waals surface area contributed by atoms with Gasteiger partial charge < -0.3 is 10.3 Å². The number of hydrogen-bond donors (Lipinski definition) is 1. The van der Waals surface area contributed by atoms with Crippen LogP contribution in [-0.4, -0.2) is 10.6 Å². The van der Waals surface area contributed by atoms with E-state index in [1.54, 1.807) is 0 Å². The Hall–Kier alpha value is -1.28. The zero-order valence-electron chi connectivity index (χ0n) is 12.4. The van der Waals surface area contributed by atoms with Crippen LogP contribution in [0.25, 0.3) is 10.9 Å². The smallest absolute Gasteiger partial charge is 0.0513 e. The van der Waals surface area contributed by atoms with Gasteiger partial charge >= 0.3 is 0 Å². The minimum atomic E-state index is 0.262. The average molecular weight is 258 g/mol. The fourth-order valence-electron chi connectivity index (χ4n) is 2.55. The van der Waals surface area contributed by atoms with Crippen LogP contribution in [0.15, 0.2) is 30.5 Å². The highest BCUT2D eigenvalue weighted by Crippen LogP contribution is 2.23. The molecule has 2 unspecified atom stereocenters. The summed E-state index contributed by atoms with van der Waals surface area (Å²) < 4.78 is 2.40. The third-order valence-electron chi connectivity index (χ3n) is 4.08. The van der Waals surface area contributed by atoms with Crippen LogP contribution in [0.4, 0.5) is 0 Å². The van der Waals surface area contributed by atoms with E-state index in [1.165, 1.54) is 22.9 Å². The van der Waals surface area contributed by atoms with E-state index in [2.05, 4.69) is 55.8 Å². The van der Waals surface area contributed by atoms with Crippen molar-refractivity contribution in [3.8, 4) is 0 Å². The summed E-state index contributed by atoms with van der Waals surface area (Å²) in [5, 5.41) is 1.34. The van der Waals surface area contributed by atoms with E-state index in [9.17, 15) is 0 Å². The quantitative estimate of drug-likeness (QED) is 0.835. The van der Waals surface area contributed by atoms with Gasteiger partial charge in [-0.25, -0.2) is 0 Å². The monoisotopic (exact) mass is 258 g/mol. The molecule has 0 bridgehead atoms. The van der Waals surface area contributed by atoms with Gasteiger partial charge in [0.2, 0.25) is 0 Å². The zero-order chi connectivity index (χ0) is 13.8. The molecule has 1 heterocycles. The highest BCUT2D eigenvalue weighted by molar-refractivity contribution is 5.83. The molecule has 1 aromatic heterocycles. The molecule has 2 rings (SSSR count). The second-order valence-corrected chi connectivity index (χ2v) is 5.71. The maximum absolute atomic E-state index is 6.13. The Labute approximate surface area is 116 Å². The summed E-state index contributed by atoms with van der Waals surface area (Å²) in [6.45, 7) is 7.82. The Balaban J connectivity index is 2.37. The van der Waals surface area contributed by atoms with Gasteiger partial charge in [0.15, 0.2) is 0 Å². The molecule has 0 aliphatic heterocycles. The van der Waals surface area contributed by atoms with Crippen LogP contribution < -0.4 is 5.73 Å². The van der Waals surface area contributed by atoms with Crippen molar-refractivity contribution in [2.24, 2.45) is 11.7 Å². The molecule has 0 fully saturated rings. The predicted octanol–water partition coefficient (Wildman–Crippen LogP) is 3.97. The second kappa shape index (κ2) is 6.25. The minimum Gasteiger partial charge on any atom is -0.347 e. The van der Waals surface area contributed by atoms with Crippen molar-refractivity contribution in [1.82, 2.24) is 4.57 Å². The first-order valence-electron chi connectivity index (χ1n) is 7.48. The third kappa shape index (κ3) is 3.19. The SMILES string of the molecule is CCC(C)Cn1ccc2cccc(CC(N)CC)c21. The molecule has 0 spiro atoms. The fraction of sp³-hybridized carbons (Fsp3) is 0.529. The molecule has 2 heteroatoms. The summed E-state index contributed by atoms with van der Waals surface area (Å²) in [4.78, 5) is 0. The van der Waals surface area contributed by atoms with Gasteiger partial charge in [0, 0.05) is 18.8 Å². The van der Waals surface area contributed by atoms with E-state index in [1.807, 2.05) is 0 Å². The summed E-state index contributed by atoms with van der Waals surface area (Å²) in [5.74, 6) is 0.712. The van der Waals surface area contributed by atoms with Crippen molar-refractivity contribution in [2.75, 3.05) is 0 Å². The van der Waals surface area contributed by atoms with Crippen LogP contribution in [0.2, 0.25) is 0 Å². The summed E-state index contributed by atoms with van der Waals surface area (Å²) in [5.41, 5.74) is 8.90. The number of nitrogens with two attached hydrogens (primary N) is 1. The van der Waals surface area contributed by atoms with E-state index < -0.39 is 0 Å². The molecule has 2 aromatic rings. The lowest BCUT2D eigenvalue weighted by Gasteiger charge is -2.15. The van der Waals surface area contributed by atoms with Crippen LogP contribution in [-0.2, 0) is 13.0 Å². The first-order valence-corrected chi connectivity index (χ1v) is 7.48. The maximum Gasteiger partial charge on any atom is 0.0513 e. The van der Waals surface area contributed by atoms with Gasteiger partial charge in [0.05, 0.1) is 5.52 Å². The molecule has 19 heavy (non-hydrogen) atoms. The summed E-state index contributed by atoms with van der Waals surface area (Å²) in [7, 11) is 0. The Morgan fingerprint density at radius 2 is 1.95 bits per heavy atom. The van der Waals surface area contributed by atoms with Gasteiger partial charge in [0.1, 0.15) is 0 Å². The molecule has 2 N–H and O–H groups in total. The van der Waals surface area contributed by atoms with E-state index in [0.29, 0.717) is 5.92 Å². The average Bonchev–Trinajstić information content (AvgIpc) is 2.82. The Morgan fingerprint density at radius 3 is 2.63 bits per heavy atom. The van der Waals surface area contributed by atoms with E-state index >= 15 is 0 Å². The van der Waals surface area contributed by atoms with Gasteiger partial charge in [-0.15, -0.1) is 0 Å². The second-order valence-electron chi connectivity index (χ2n) is 5.71. The first-order chi connectivity index (χ1) is 9.15. The maximum atomic E-state index is 6.13. The van der Waals surface area contributed by atoms with Crippen molar-refractivity contribution in [2.45, 2.75) is 52.6 Å². The number of benzene rings is 1. The first kappa shape index (κ1) is 14.1. The van der Waals surface area contributed by atoms with Crippen molar-refractivity contribution in [3.05, 3.63) is 36.0 Å². The lowest BCUT2D eigenvalue weighted by Crippen LogP contribution is -2.21. The number of nitrogens with zero attached hydrogens (tertiary/aromatic N) is 1. The lowest BCUT2D eigenvalue weighted by molar-refractivity contribution is 0.477. The molecule has 0 aliphatic rings. The zero-order valence-corrected chi connectivity index (χ0v) is 12.4. The van der Waals surface area contributed by atoms with Crippen LogP contribution in [0.5, 0.6) is 0 Å². The third-order valence-corrected chi connectivity index (χ3v) is 4.08. The van der Waals surface area contributed by atoms with E-state index in [-0.39, 0.29) is 6.04 Å². The lowest BCUT2D eigenvalue weighted by atomic mass is 10.0. The standard InChI is InChI=1S/C17H26N2/c1-4-13(3)12-19-10-9-14-7-6-8-15(17(14)19)11-16(18)5-2/h6-10,13,16H,4-5,11-12,18H2,1-3H3. The van der Waals surface area contributed by atoms with Crippen LogP contribution >= 0.6 is 0 Å². The van der Waals surface area contributed by atoms with E-state index in [0.717, 1.165) is 19.4 Å². The molecule has 0 saturated carbocycles. The molecular formula is C17H26N2. The molecule has 0 saturated heterocycles. The van der Waals surface area contributed by atoms with E-state index in [4.69, 9.17) is 5.73 Å². The Morgan fingerprint density at radius 1 is 1.16 bits per heavy atom. The highest BCUT2D eigenvalue weighted by Gasteiger charge is 2.10. The van der Waals surface area contributed by atoms with Gasteiger partial charge in [-0.3, -0.25) is 0 Å². The van der Waals surface area contributed by atoms with Crippen molar-refractivity contribution in [3.63, 3.8) is 0 Å². The van der Waals surface area contributed by atoms with Gasteiger partial charge in [-0.05, 0) is 35.8 Å². The molecule has 0 aliphatic carbocycles. The molecule has 0 radical (unpaired) electrons.